The molecule has 0 saturated carbocycles. The van der Waals surface area contributed by atoms with Gasteiger partial charge in [0.1, 0.15) is 15.6 Å². The molecule has 0 aromatic carbocycles. The number of pyridine rings is 1. The van der Waals surface area contributed by atoms with Crippen LogP contribution in [0.5, 0.6) is 0 Å². The van der Waals surface area contributed by atoms with Crippen LogP contribution in [0.3, 0.4) is 0 Å². The Labute approximate surface area is 111 Å². The second kappa shape index (κ2) is 5.00. The van der Waals surface area contributed by atoms with Crippen LogP contribution in [0.25, 0.3) is 10.7 Å². The van der Waals surface area contributed by atoms with Crippen molar-refractivity contribution >= 4 is 40.5 Å². The Balaban J connectivity index is 2.40. The zero-order valence-electron chi connectivity index (χ0n) is 8.61. The van der Waals surface area contributed by atoms with Crippen molar-refractivity contribution < 1.29 is 9.53 Å². The zero-order chi connectivity index (χ0) is 12.4. The van der Waals surface area contributed by atoms with Gasteiger partial charge in [-0.1, -0.05) is 23.2 Å². The van der Waals surface area contributed by atoms with Crippen molar-refractivity contribution in [3.05, 3.63) is 33.4 Å². The molecule has 0 atom stereocenters. The fraction of sp³-hybridized carbons (Fsp3) is 0.100. The number of ether oxygens (including phenoxy) is 1. The molecule has 0 amide bonds. The molecule has 0 N–H and O–H groups in total. The number of thiazole rings is 1. The number of carbonyl (C=O) groups is 1. The van der Waals surface area contributed by atoms with Crippen molar-refractivity contribution in [2.75, 3.05) is 7.11 Å². The van der Waals surface area contributed by atoms with Crippen molar-refractivity contribution in [2.24, 2.45) is 0 Å². The summed E-state index contributed by atoms with van der Waals surface area (Å²) >= 11 is 12.9. The van der Waals surface area contributed by atoms with Crippen LogP contribution in [-0.4, -0.2) is 23.0 Å². The number of methoxy groups -OCH3 is 1. The molecule has 0 aliphatic carbocycles. The minimum atomic E-state index is -0.432. The highest BCUT2D eigenvalue weighted by molar-refractivity contribution is 7.16. The Bertz CT molecular complexity index is 571. The van der Waals surface area contributed by atoms with E-state index in [1.54, 1.807) is 6.07 Å². The molecule has 0 radical (unpaired) electrons. The molecule has 0 aliphatic rings. The Morgan fingerprint density at radius 3 is 2.76 bits per heavy atom. The Morgan fingerprint density at radius 1 is 1.35 bits per heavy atom. The molecule has 2 rings (SSSR count). The van der Waals surface area contributed by atoms with Crippen LogP contribution in [0, 0.1) is 0 Å². The Hall–Kier alpha value is -1.17. The molecular formula is C10H6Cl2N2O2S. The van der Waals surface area contributed by atoms with E-state index in [0.717, 1.165) is 11.3 Å². The minimum Gasteiger partial charge on any atom is -0.465 e. The molecule has 4 nitrogen and oxygen atoms in total. The summed E-state index contributed by atoms with van der Waals surface area (Å²) in [5.74, 6) is -0.432. The summed E-state index contributed by atoms with van der Waals surface area (Å²) in [6.45, 7) is 0. The third kappa shape index (κ3) is 2.57. The van der Waals surface area contributed by atoms with E-state index >= 15 is 0 Å². The van der Waals surface area contributed by atoms with E-state index in [2.05, 4.69) is 14.7 Å². The second-order valence-corrected chi connectivity index (χ2v) is 4.88. The van der Waals surface area contributed by atoms with Crippen LogP contribution >= 0.6 is 34.5 Å². The van der Waals surface area contributed by atoms with Gasteiger partial charge in [0.2, 0.25) is 0 Å². The zero-order valence-corrected chi connectivity index (χ0v) is 10.9. The highest BCUT2D eigenvalue weighted by atomic mass is 35.5. The molecule has 7 heteroatoms. The van der Waals surface area contributed by atoms with Gasteiger partial charge in [-0.25, -0.2) is 9.78 Å². The van der Waals surface area contributed by atoms with Gasteiger partial charge >= 0.3 is 5.97 Å². The smallest absolute Gasteiger partial charge is 0.349 e. The van der Waals surface area contributed by atoms with Crippen LogP contribution < -0.4 is 0 Å². The van der Waals surface area contributed by atoms with Crippen LogP contribution in [0.4, 0.5) is 0 Å². The molecule has 88 valence electrons. The average Bonchev–Trinajstić information content (AvgIpc) is 2.77. The highest BCUT2D eigenvalue weighted by Gasteiger charge is 2.14. The fourth-order valence-electron chi connectivity index (χ4n) is 1.15. The van der Waals surface area contributed by atoms with Gasteiger partial charge in [0.05, 0.1) is 23.4 Å². The Morgan fingerprint density at radius 2 is 2.12 bits per heavy atom. The van der Waals surface area contributed by atoms with Crippen LogP contribution in [0.2, 0.25) is 10.0 Å². The predicted molar refractivity (Wildman–Crippen MR) is 66.7 cm³/mol. The van der Waals surface area contributed by atoms with E-state index in [1.165, 1.54) is 19.5 Å². The van der Waals surface area contributed by atoms with Gasteiger partial charge in [0.15, 0.2) is 0 Å². The van der Waals surface area contributed by atoms with Gasteiger partial charge in [-0.15, -0.1) is 11.3 Å². The summed E-state index contributed by atoms with van der Waals surface area (Å²) < 4.78 is 4.59. The molecular weight excluding hydrogens is 283 g/mol. The lowest BCUT2D eigenvalue weighted by Crippen LogP contribution is -1.96. The van der Waals surface area contributed by atoms with Crippen molar-refractivity contribution in [1.29, 1.82) is 0 Å². The quantitative estimate of drug-likeness (QED) is 0.796. The predicted octanol–water partition coefficient (Wildman–Crippen LogP) is 3.30. The molecule has 0 saturated heterocycles. The number of halogens is 2. The lowest BCUT2D eigenvalue weighted by Gasteiger charge is -1.98. The summed E-state index contributed by atoms with van der Waals surface area (Å²) in [4.78, 5) is 19.8. The highest BCUT2D eigenvalue weighted by Crippen LogP contribution is 2.30. The molecule has 2 heterocycles. The number of hydrogen-bond acceptors (Lipinski definition) is 5. The van der Waals surface area contributed by atoms with Gasteiger partial charge in [0, 0.05) is 6.20 Å². The van der Waals surface area contributed by atoms with Crippen molar-refractivity contribution in [2.45, 2.75) is 0 Å². The van der Waals surface area contributed by atoms with Crippen molar-refractivity contribution in [3.63, 3.8) is 0 Å². The maximum atomic E-state index is 11.3. The first-order valence-electron chi connectivity index (χ1n) is 4.47. The lowest BCUT2D eigenvalue weighted by molar-refractivity contribution is 0.0606. The molecule has 17 heavy (non-hydrogen) atoms. The molecule has 0 bridgehead atoms. The summed E-state index contributed by atoms with van der Waals surface area (Å²) in [5, 5.41) is 1.39. The number of hydrogen-bond donors (Lipinski definition) is 0. The summed E-state index contributed by atoms with van der Waals surface area (Å²) in [6, 6.07) is 1.57. The van der Waals surface area contributed by atoms with Crippen LogP contribution in [0.15, 0.2) is 18.5 Å². The van der Waals surface area contributed by atoms with E-state index < -0.39 is 5.97 Å². The number of rotatable bonds is 2. The number of carbonyl (C=O) groups excluding carboxylic acids is 1. The molecule has 0 aliphatic heterocycles. The third-order valence-corrected chi connectivity index (χ3v) is 3.38. The van der Waals surface area contributed by atoms with Gasteiger partial charge in [-0.05, 0) is 6.07 Å². The topological polar surface area (TPSA) is 52.1 Å². The van der Waals surface area contributed by atoms with Crippen LogP contribution in [0.1, 0.15) is 9.67 Å². The van der Waals surface area contributed by atoms with E-state index in [1.807, 2.05) is 0 Å². The van der Waals surface area contributed by atoms with Crippen molar-refractivity contribution in [3.8, 4) is 10.7 Å². The van der Waals surface area contributed by atoms with Gasteiger partial charge in [0.25, 0.3) is 0 Å². The maximum Gasteiger partial charge on any atom is 0.349 e. The summed E-state index contributed by atoms with van der Waals surface area (Å²) in [6.07, 6.45) is 2.90. The first kappa shape index (κ1) is 12.3. The standard InChI is InChI=1S/C10H6Cl2N2O2S/c1-16-10(15)7-4-14-9(17-7)8-6(12)2-5(11)3-13-8/h2-4H,1H3. The molecule has 2 aromatic rings. The summed E-state index contributed by atoms with van der Waals surface area (Å²) in [5.41, 5.74) is 0.496. The van der Waals surface area contributed by atoms with Gasteiger partial charge in [-0.3, -0.25) is 4.98 Å². The van der Waals surface area contributed by atoms with Crippen LogP contribution in [-0.2, 0) is 4.74 Å². The number of esters is 1. The SMILES string of the molecule is COC(=O)c1cnc(-c2ncc(Cl)cc2Cl)s1. The molecule has 0 unspecified atom stereocenters. The van der Waals surface area contributed by atoms with Crippen molar-refractivity contribution in [1.82, 2.24) is 9.97 Å². The second-order valence-electron chi connectivity index (χ2n) is 3.01. The van der Waals surface area contributed by atoms with E-state index in [4.69, 9.17) is 23.2 Å². The number of aromatic nitrogens is 2. The van der Waals surface area contributed by atoms with E-state index in [9.17, 15) is 4.79 Å². The van der Waals surface area contributed by atoms with Gasteiger partial charge < -0.3 is 4.74 Å². The number of nitrogens with zero attached hydrogens (tertiary/aromatic N) is 2. The van der Waals surface area contributed by atoms with E-state index in [-0.39, 0.29) is 0 Å². The normalized spacial score (nSPS) is 10.3. The average molecular weight is 289 g/mol. The maximum absolute atomic E-state index is 11.3. The molecule has 0 fully saturated rings. The first-order valence-corrected chi connectivity index (χ1v) is 6.04. The van der Waals surface area contributed by atoms with Gasteiger partial charge in [-0.2, -0.15) is 0 Å². The minimum absolute atomic E-state index is 0.392. The summed E-state index contributed by atoms with van der Waals surface area (Å²) in [7, 11) is 1.31. The molecule has 2 aromatic heterocycles. The monoisotopic (exact) mass is 288 g/mol. The molecule has 0 spiro atoms. The third-order valence-electron chi connectivity index (χ3n) is 1.90. The fourth-order valence-corrected chi connectivity index (χ4v) is 2.52. The lowest BCUT2D eigenvalue weighted by atomic mass is 10.3. The largest absolute Gasteiger partial charge is 0.465 e. The van der Waals surface area contributed by atoms with E-state index in [0.29, 0.717) is 25.6 Å². The Kier molecular flexibility index (Phi) is 3.61. The first-order chi connectivity index (χ1) is 8.11.